The number of aliphatic hydroxyl groups excluding tert-OH is 1. The fourth-order valence-corrected chi connectivity index (χ4v) is 2.55. The minimum absolute atomic E-state index is 0.113. The highest BCUT2D eigenvalue weighted by Crippen LogP contribution is 2.29. The number of rotatable bonds is 4. The lowest BCUT2D eigenvalue weighted by molar-refractivity contribution is 0.0546. The van der Waals surface area contributed by atoms with Crippen molar-refractivity contribution in [1.82, 2.24) is 5.32 Å². The van der Waals surface area contributed by atoms with Crippen LogP contribution in [0, 0.1) is 5.92 Å². The first-order valence-corrected chi connectivity index (χ1v) is 6.30. The van der Waals surface area contributed by atoms with Gasteiger partial charge in [0.1, 0.15) is 0 Å². The van der Waals surface area contributed by atoms with E-state index in [0.717, 1.165) is 31.6 Å². The quantitative estimate of drug-likeness (QED) is 0.837. The van der Waals surface area contributed by atoms with Gasteiger partial charge in [-0.2, -0.15) is 0 Å². The molecule has 1 heterocycles. The lowest BCUT2D eigenvalue weighted by Gasteiger charge is -2.30. The van der Waals surface area contributed by atoms with Crippen LogP contribution in [0.15, 0.2) is 24.3 Å². The molecule has 1 aliphatic heterocycles. The van der Waals surface area contributed by atoms with Gasteiger partial charge in [0, 0.05) is 19.3 Å². The van der Waals surface area contributed by atoms with Crippen molar-refractivity contribution >= 4 is 0 Å². The molecule has 94 valence electrons. The van der Waals surface area contributed by atoms with Crippen molar-refractivity contribution in [1.29, 1.82) is 0 Å². The van der Waals surface area contributed by atoms with Gasteiger partial charge < -0.3 is 15.2 Å². The summed E-state index contributed by atoms with van der Waals surface area (Å²) in [5.74, 6) is 0.647. The van der Waals surface area contributed by atoms with Crippen molar-refractivity contribution in [3.8, 4) is 0 Å². The second-order valence-electron chi connectivity index (χ2n) is 4.62. The maximum atomic E-state index is 9.04. The zero-order valence-electron chi connectivity index (χ0n) is 10.4. The number of ether oxygens (including phenoxy) is 1. The minimum atomic E-state index is 0.113. The Morgan fingerprint density at radius 2 is 1.94 bits per heavy atom. The smallest absolute Gasteiger partial charge is 0.0681 e. The molecule has 0 aromatic heterocycles. The van der Waals surface area contributed by atoms with Crippen molar-refractivity contribution in [2.75, 3.05) is 20.3 Å². The fraction of sp³-hybridized carbons (Fsp3) is 0.571. The van der Waals surface area contributed by atoms with Gasteiger partial charge in [-0.3, -0.25) is 0 Å². The van der Waals surface area contributed by atoms with Crippen molar-refractivity contribution in [3.05, 3.63) is 35.4 Å². The highest BCUT2D eigenvalue weighted by molar-refractivity contribution is 5.25. The third-order valence-electron chi connectivity index (χ3n) is 3.57. The summed E-state index contributed by atoms with van der Waals surface area (Å²) >= 11 is 0. The molecule has 0 bridgehead atoms. The molecule has 3 heteroatoms. The molecule has 0 aliphatic carbocycles. The first-order valence-electron chi connectivity index (χ1n) is 6.30. The maximum Gasteiger partial charge on any atom is 0.0681 e. The van der Waals surface area contributed by atoms with Gasteiger partial charge in [-0.1, -0.05) is 24.3 Å². The molecule has 1 atom stereocenters. The molecule has 1 unspecified atom stereocenters. The summed E-state index contributed by atoms with van der Waals surface area (Å²) in [5, 5.41) is 12.4. The lowest BCUT2D eigenvalue weighted by atomic mass is 9.87. The Hall–Kier alpha value is -0.900. The summed E-state index contributed by atoms with van der Waals surface area (Å²) in [5.41, 5.74) is 2.27. The van der Waals surface area contributed by atoms with Gasteiger partial charge in [0.15, 0.2) is 0 Å². The van der Waals surface area contributed by atoms with Crippen LogP contribution < -0.4 is 5.32 Å². The number of nitrogens with one attached hydrogen (secondary N) is 1. The Morgan fingerprint density at radius 3 is 2.47 bits per heavy atom. The summed E-state index contributed by atoms with van der Waals surface area (Å²) in [6, 6.07) is 8.62. The summed E-state index contributed by atoms with van der Waals surface area (Å²) < 4.78 is 5.41. The molecular weight excluding hydrogens is 214 g/mol. The van der Waals surface area contributed by atoms with Gasteiger partial charge in [0.25, 0.3) is 0 Å². The first-order chi connectivity index (χ1) is 8.35. The van der Waals surface area contributed by atoms with Gasteiger partial charge in [-0.15, -0.1) is 0 Å². The van der Waals surface area contributed by atoms with E-state index in [1.807, 2.05) is 19.2 Å². The van der Waals surface area contributed by atoms with Gasteiger partial charge in [-0.05, 0) is 36.9 Å². The minimum Gasteiger partial charge on any atom is -0.392 e. The van der Waals surface area contributed by atoms with E-state index in [4.69, 9.17) is 9.84 Å². The van der Waals surface area contributed by atoms with Crippen LogP contribution in [0.5, 0.6) is 0 Å². The second kappa shape index (κ2) is 6.15. The van der Waals surface area contributed by atoms with E-state index in [0.29, 0.717) is 12.0 Å². The van der Waals surface area contributed by atoms with Crippen LogP contribution in [0.2, 0.25) is 0 Å². The molecular formula is C14H21NO2. The number of hydrogen-bond donors (Lipinski definition) is 2. The van der Waals surface area contributed by atoms with Crippen molar-refractivity contribution in [2.45, 2.75) is 25.5 Å². The number of hydrogen-bond acceptors (Lipinski definition) is 3. The molecule has 0 radical (unpaired) electrons. The van der Waals surface area contributed by atoms with Gasteiger partial charge in [-0.25, -0.2) is 0 Å². The second-order valence-corrected chi connectivity index (χ2v) is 4.62. The highest BCUT2D eigenvalue weighted by Gasteiger charge is 2.23. The monoisotopic (exact) mass is 235 g/mol. The molecule has 1 aromatic rings. The van der Waals surface area contributed by atoms with Crippen LogP contribution in [-0.4, -0.2) is 25.4 Å². The molecule has 2 rings (SSSR count). The predicted octanol–water partition coefficient (Wildman–Crippen LogP) is 1.87. The molecule has 0 spiro atoms. The van der Waals surface area contributed by atoms with Gasteiger partial charge in [0.05, 0.1) is 6.61 Å². The van der Waals surface area contributed by atoms with Crippen molar-refractivity contribution in [2.24, 2.45) is 5.92 Å². The Labute approximate surface area is 103 Å². The fourth-order valence-electron chi connectivity index (χ4n) is 2.55. The van der Waals surface area contributed by atoms with Crippen LogP contribution in [0.4, 0.5) is 0 Å². The summed E-state index contributed by atoms with van der Waals surface area (Å²) in [4.78, 5) is 0. The van der Waals surface area contributed by atoms with Crippen molar-refractivity contribution < 1.29 is 9.84 Å². The Morgan fingerprint density at radius 1 is 1.29 bits per heavy atom. The van der Waals surface area contributed by atoms with Crippen LogP contribution in [0.1, 0.15) is 30.0 Å². The molecule has 0 saturated carbocycles. The first kappa shape index (κ1) is 12.6. The molecule has 1 aromatic carbocycles. The Balaban J connectivity index is 2.10. The molecule has 1 fully saturated rings. The Kier molecular flexibility index (Phi) is 4.54. The highest BCUT2D eigenvalue weighted by atomic mass is 16.5. The molecule has 1 saturated heterocycles. The van der Waals surface area contributed by atoms with Gasteiger partial charge >= 0.3 is 0 Å². The van der Waals surface area contributed by atoms with E-state index in [9.17, 15) is 0 Å². The Bertz CT molecular complexity index is 331. The van der Waals surface area contributed by atoms with Gasteiger partial charge in [0.2, 0.25) is 0 Å². The zero-order chi connectivity index (χ0) is 12.1. The van der Waals surface area contributed by atoms with E-state index < -0.39 is 0 Å². The van der Waals surface area contributed by atoms with E-state index in [-0.39, 0.29) is 6.61 Å². The van der Waals surface area contributed by atoms with E-state index >= 15 is 0 Å². The molecule has 1 aliphatic rings. The molecule has 0 amide bonds. The summed E-state index contributed by atoms with van der Waals surface area (Å²) in [7, 11) is 2.01. The maximum absolute atomic E-state index is 9.04. The number of benzene rings is 1. The average Bonchev–Trinajstić information content (AvgIpc) is 2.42. The summed E-state index contributed by atoms with van der Waals surface area (Å²) in [6.07, 6.45) is 2.24. The SMILES string of the molecule is CNC(c1ccc(CO)cc1)C1CCOCC1. The van der Waals surface area contributed by atoms with Crippen LogP contribution in [0.3, 0.4) is 0 Å². The number of aliphatic hydroxyl groups is 1. The average molecular weight is 235 g/mol. The van der Waals surface area contributed by atoms with E-state index in [1.165, 1.54) is 5.56 Å². The zero-order valence-corrected chi connectivity index (χ0v) is 10.4. The van der Waals surface area contributed by atoms with Crippen molar-refractivity contribution in [3.63, 3.8) is 0 Å². The van der Waals surface area contributed by atoms with E-state index in [1.54, 1.807) is 0 Å². The van der Waals surface area contributed by atoms with E-state index in [2.05, 4.69) is 17.4 Å². The van der Waals surface area contributed by atoms with Crippen LogP contribution >= 0.6 is 0 Å². The summed E-state index contributed by atoms with van der Waals surface area (Å²) in [6.45, 7) is 1.86. The topological polar surface area (TPSA) is 41.5 Å². The van der Waals surface area contributed by atoms with Crippen LogP contribution in [0.25, 0.3) is 0 Å². The molecule has 2 N–H and O–H groups in total. The normalized spacial score (nSPS) is 19.2. The van der Waals surface area contributed by atoms with Crippen LogP contribution in [-0.2, 0) is 11.3 Å². The molecule has 17 heavy (non-hydrogen) atoms. The molecule has 3 nitrogen and oxygen atoms in total. The predicted molar refractivity (Wildman–Crippen MR) is 67.7 cm³/mol. The standard InChI is InChI=1S/C14H21NO2/c1-15-14(13-6-8-17-9-7-13)12-4-2-11(10-16)3-5-12/h2-5,13-16H,6-10H2,1H3. The third kappa shape index (κ3) is 3.06. The largest absolute Gasteiger partial charge is 0.392 e. The lowest BCUT2D eigenvalue weighted by Crippen LogP contribution is -2.29. The third-order valence-corrected chi connectivity index (χ3v) is 3.57.